The van der Waals surface area contributed by atoms with Gasteiger partial charge in [-0.05, 0) is 49.7 Å². The zero-order chi connectivity index (χ0) is 35.0. The molecule has 0 saturated carbocycles. The summed E-state index contributed by atoms with van der Waals surface area (Å²) < 4.78 is 83.6. The molecule has 1 fully saturated rings. The fraction of sp³-hybridized carbons (Fsp3) is 0.406. The van der Waals surface area contributed by atoms with E-state index in [9.17, 15) is 36.0 Å². The summed E-state index contributed by atoms with van der Waals surface area (Å²) in [5, 5.41) is 5.94. The molecule has 3 aromatic carbocycles. The summed E-state index contributed by atoms with van der Waals surface area (Å²) in [5.41, 5.74) is -1.05. The van der Waals surface area contributed by atoms with Gasteiger partial charge in [0.05, 0.1) is 50.5 Å². The van der Waals surface area contributed by atoms with E-state index in [1.54, 1.807) is 38.2 Å². The molecule has 2 atom stereocenters. The van der Waals surface area contributed by atoms with Crippen molar-refractivity contribution in [1.29, 1.82) is 0 Å². The summed E-state index contributed by atoms with van der Waals surface area (Å²) in [6.45, 7) is 1.95. The second-order valence-corrected chi connectivity index (χ2v) is 13.4. The lowest BCUT2D eigenvalue weighted by atomic mass is 9.84. The molecule has 1 spiro atoms. The molecule has 0 aromatic heterocycles. The molecule has 2 aliphatic rings. The van der Waals surface area contributed by atoms with Crippen molar-refractivity contribution in [2.75, 3.05) is 42.8 Å². The third kappa shape index (κ3) is 6.51. The van der Waals surface area contributed by atoms with Crippen LogP contribution in [0.3, 0.4) is 0 Å². The Balaban J connectivity index is 1.70. The third-order valence-electron chi connectivity index (χ3n) is 8.58. The fourth-order valence-electron chi connectivity index (χ4n) is 6.03. The van der Waals surface area contributed by atoms with Crippen LogP contribution in [0.4, 0.5) is 24.5 Å². The van der Waals surface area contributed by atoms with Gasteiger partial charge in [-0.15, -0.1) is 0 Å². The number of carbonyl (C=O) groups is 3. The van der Waals surface area contributed by atoms with Crippen LogP contribution in [0.25, 0.3) is 10.8 Å². The number of likely N-dealkylation sites (N-methyl/N-ethyl adjacent to an activating group) is 1. The standard InChI is InChI=1S/C32H35F3N4O8S/c1-19(36-2)28(40)37-27-29(41)38(24-9-5-6-11-26(24)47-31(27)14-16-46-17-15-31)18-22-20-8-7-10-23(21(20)12-13-25(22)45-3)39(48(4,43)44)30(42)32(33,34)35/h5-13,19,27,36H,14-18H2,1-4H3,(H,37,40)/t19-,27+/m0/s1. The number of hydrogen-bond donors (Lipinski definition) is 2. The summed E-state index contributed by atoms with van der Waals surface area (Å²) in [6.07, 6.45) is -4.42. The lowest BCUT2D eigenvalue weighted by molar-refractivity contribution is -0.169. The molecular formula is C32H35F3N4O8S. The lowest BCUT2D eigenvalue weighted by Crippen LogP contribution is -2.65. The van der Waals surface area contributed by atoms with Gasteiger partial charge >= 0.3 is 12.1 Å². The number of hydrogen-bond acceptors (Lipinski definition) is 9. The number of benzene rings is 3. The molecule has 48 heavy (non-hydrogen) atoms. The van der Waals surface area contributed by atoms with Crippen molar-refractivity contribution in [3.63, 3.8) is 0 Å². The van der Waals surface area contributed by atoms with Crippen LogP contribution >= 0.6 is 0 Å². The smallest absolute Gasteiger partial charge is 0.472 e. The Bertz CT molecular complexity index is 1850. The van der Waals surface area contributed by atoms with Crippen LogP contribution in [0.2, 0.25) is 0 Å². The number of carbonyl (C=O) groups excluding carboxylic acids is 3. The molecule has 258 valence electrons. The van der Waals surface area contributed by atoms with Gasteiger partial charge in [0.1, 0.15) is 23.1 Å². The van der Waals surface area contributed by atoms with Crippen LogP contribution < -0.4 is 29.3 Å². The Morgan fingerprint density at radius 2 is 1.77 bits per heavy atom. The Kier molecular flexibility index (Phi) is 9.63. The molecule has 12 nitrogen and oxygen atoms in total. The maximum Gasteiger partial charge on any atom is 0.472 e. The van der Waals surface area contributed by atoms with Crippen molar-refractivity contribution >= 4 is 49.9 Å². The molecule has 0 unspecified atom stereocenters. The number of sulfonamides is 1. The molecular weight excluding hydrogens is 657 g/mol. The highest BCUT2D eigenvalue weighted by Gasteiger charge is 2.52. The minimum absolute atomic E-state index is 0.0169. The Labute approximate surface area is 275 Å². The maximum atomic E-state index is 14.7. The molecule has 0 aliphatic carbocycles. The Hall–Kier alpha value is -4.41. The Morgan fingerprint density at radius 1 is 1.08 bits per heavy atom. The molecule has 16 heteroatoms. The number of rotatable bonds is 8. The number of fused-ring (bicyclic) bond motifs is 2. The molecule has 2 N–H and O–H groups in total. The second-order valence-electron chi connectivity index (χ2n) is 11.6. The van der Waals surface area contributed by atoms with E-state index in [1.807, 2.05) is 0 Å². The van der Waals surface area contributed by atoms with Gasteiger partial charge in [0, 0.05) is 23.8 Å². The van der Waals surface area contributed by atoms with Crippen molar-refractivity contribution in [2.24, 2.45) is 0 Å². The number of ether oxygens (including phenoxy) is 3. The summed E-state index contributed by atoms with van der Waals surface area (Å²) in [7, 11) is -1.78. The average molecular weight is 693 g/mol. The van der Waals surface area contributed by atoms with Crippen LogP contribution in [0.5, 0.6) is 11.5 Å². The highest BCUT2D eigenvalue weighted by molar-refractivity contribution is 7.92. The van der Waals surface area contributed by atoms with Crippen molar-refractivity contribution in [3.8, 4) is 11.5 Å². The minimum Gasteiger partial charge on any atom is -0.496 e. The van der Waals surface area contributed by atoms with E-state index < -0.39 is 57.3 Å². The SMILES string of the molecule is CN[C@@H](C)C(=O)N[C@@H]1C(=O)N(Cc2c(OC)ccc3c(N(C(=O)C(F)(F)F)S(C)(=O)=O)cccc23)c2ccccc2OC12CCOCC2. The maximum absolute atomic E-state index is 14.7. The average Bonchev–Trinajstić information content (AvgIpc) is 3.12. The van der Waals surface area contributed by atoms with Gasteiger partial charge in [-0.2, -0.15) is 17.5 Å². The van der Waals surface area contributed by atoms with Gasteiger partial charge in [0.15, 0.2) is 0 Å². The van der Waals surface area contributed by atoms with Crippen LogP contribution in [0, 0.1) is 0 Å². The van der Waals surface area contributed by atoms with E-state index in [0.717, 1.165) is 6.07 Å². The molecule has 0 radical (unpaired) electrons. The van der Waals surface area contributed by atoms with E-state index in [1.165, 1.54) is 36.3 Å². The molecule has 1 saturated heterocycles. The van der Waals surface area contributed by atoms with Crippen LogP contribution in [-0.4, -0.2) is 83.6 Å². The number of nitrogens with zero attached hydrogens (tertiary/aromatic N) is 2. The summed E-state index contributed by atoms with van der Waals surface area (Å²) >= 11 is 0. The quantitative estimate of drug-likeness (QED) is 0.364. The second kappa shape index (κ2) is 13.2. The first-order valence-electron chi connectivity index (χ1n) is 15.0. The Morgan fingerprint density at radius 3 is 2.40 bits per heavy atom. The normalized spacial score (nSPS) is 18.4. The van der Waals surface area contributed by atoms with Crippen molar-refractivity contribution in [1.82, 2.24) is 10.6 Å². The molecule has 3 aromatic rings. The number of para-hydroxylation sites is 2. The van der Waals surface area contributed by atoms with Crippen LogP contribution in [-0.2, 0) is 35.7 Å². The highest BCUT2D eigenvalue weighted by Crippen LogP contribution is 2.43. The fourth-order valence-corrected chi connectivity index (χ4v) is 6.95. The monoisotopic (exact) mass is 692 g/mol. The van der Waals surface area contributed by atoms with Crippen molar-refractivity contribution in [2.45, 2.75) is 50.2 Å². The summed E-state index contributed by atoms with van der Waals surface area (Å²) in [5.74, 6) is -2.98. The first-order valence-corrected chi connectivity index (χ1v) is 16.8. The first-order chi connectivity index (χ1) is 22.6. The molecule has 0 bridgehead atoms. The molecule has 5 rings (SSSR count). The number of halogens is 3. The van der Waals surface area contributed by atoms with Gasteiger partial charge < -0.3 is 29.7 Å². The van der Waals surface area contributed by atoms with E-state index in [0.29, 0.717) is 23.3 Å². The van der Waals surface area contributed by atoms with E-state index >= 15 is 0 Å². The number of methoxy groups -OCH3 is 1. The van der Waals surface area contributed by atoms with Gasteiger partial charge in [-0.25, -0.2) is 8.42 Å². The van der Waals surface area contributed by atoms with E-state index in [-0.39, 0.29) is 53.4 Å². The predicted molar refractivity (Wildman–Crippen MR) is 170 cm³/mol. The summed E-state index contributed by atoms with van der Waals surface area (Å²) in [6, 6.07) is 11.6. The largest absolute Gasteiger partial charge is 0.496 e. The third-order valence-corrected chi connectivity index (χ3v) is 9.61. The molecule has 3 amide bonds. The van der Waals surface area contributed by atoms with E-state index in [4.69, 9.17) is 14.2 Å². The number of anilines is 2. The zero-order valence-electron chi connectivity index (χ0n) is 26.6. The molecule has 2 aliphatic heterocycles. The molecule has 2 heterocycles. The van der Waals surface area contributed by atoms with Crippen molar-refractivity contribution in [3.05, 3.63) is 60.2 Å². The first kappa shape index (κ1) is 34.9. The topological polar surface area (TPSA) is 144 Å². The summed E-state index contributed by atoms with van der Waals surface area (Å²) in [4.78, 5) is 41.8. The zero-order valence-corrected chi connectivity index (χ0v) is 27.4. The van der Waals surface area contributed by atoms with Gasteiger partial charge in [-0.1, -0.05) is 24.3 Å². The number of nitrogens with one attached hydrogen (secondary N) is 2. The predicted octanol–water partition coefficient (Wildman–Crippen LogP) is 3.27. The van der Waals surface area contributed by atoms with Crippen molar-refractivity contribution < 1.29 is 50.2 Å². The van der Waals surface area contributed by atoms with Crippen LogP contribution in [0.1, 0.15) is 25.3 Å². The lowest BCUT2D eigenvalue weighted by Gasteiger charge is -2.41. The van der Waals surface area contributed by atoms with Crippen LogP contribution in [0.15, 0.2) is 54.6 Å². The number of alkyl halides is 3. The number of amides is 3. The minimum atomic E-state index is -5.49. The van der Waals surface area contributed by atoms with Gasteiger partial charge in [0.2, 0.25) is 15.9 Å². The van der Waals surface area contributed by atoms with Gasteiger partial charge in [-0.3, -0.25) is 14.4 Å². The highest BCUT2D eigenvalue weighted by atomic mass is 32.2. The van der Waals surface area contributed by atoms with Gasteiger partial charge in [0.25, 0.3) is 5.91 Å². The van der Waals surface area contributed by atoms with E-state index in [2.05, 4.69) is 10.6 Å².